The molecule has 0 heterocycles. The van der Waals surface area contributed by atoms with E-state index in [0.717, 1.165) is 31.7 Å². The minimum Gasteiger partial charge on any atom is -0.340 e. The van der Waals surface area contributed by atoms with Crippen molar-refractivity contribution < 1.29 is 4.79 Å². The lowest BCUT2D eigenvalue weighted by atomic mass is 9.83. The number of nitrogens with two attached hydrogens (primary N) is 1. The van der Waals surface area contributed by atoms with Gasteiger partial charge < -0.3 is 10.6 Å². The summed E-state index contributed by atoms with van der Waals surface area (Å²) in [5, 5.41) is 0. The average Bonchev–Trinajstić information content (AvgIpc) is 2.34. The second-order valence-electron chi connectivity index (χ2n) is 6.85. The molecule has 0 aliphatic heterocycles. The van der Waals surface area contributed by atoms with Crippen LogP contribution in [0, 0.1) is 11.8 Å². The van der Waals surface area contributed by atoms with Gasteiger partial charge in [0, 0.05) is 25.0 Å². The van der Waals surface area contributed by atoms with E-state index in [9.17, 15) is 4.79 Å². The van der Waals surface area contributed by atoms with Crippen molar-refractivity contribution in [1.29, 1.82) is 0 Å². The Bertz CT molecular complexity index is 268. The van der Waals surface area contributed by atoms with Crippen LogP contribution in [0.25, 0.3) is 0 Å². The molecule has 0 saturated heterocycles. The first-order chi connectivity index (χ1) is 8.90. The van der Waals surface area contributed by atoms with Crippen molar-refractivity contribution >= 4 is 5.91 Å². The zero-order valence-corrected chi connectivity index (χ0v) is 13.2. The Hall–Kier alpha value is -0.570. The van der Waals surface area contributed by atoms with Crippen molar-refractivity contribution in [3.63, 3.8) is 0 Å². The van der Waals surface area contributed by atoms with Crippen LogP contribution in [0.5, 0.6) is 0 Å². The molecule has 0 spiro atoms. The highest BCUT2D eigenvalue weighted by Crippen LogP contribution is 2.27. The molecule has 0 radical (unpaired) electrons. The van der Waals surface area contributed by atoms with Crippen LogP contribution in [0.3, 0.4) is 0 Å². The smallest absolute Gasteiger partial charge is 0.222 e. The van der Waals surface area contributed by atoms with Gasteiger partial charge in [0.25, 0.3) is 0 Å². The Morgan fingerprint density at radius 3 is 2.21 bits per heavy atom. The maximum Gasteiger partial charge on any atom is 0.222 e. The molecule has 2 N–H and O–H groups in total. The van der Waals surface area contributed by atoms with Crippen LogP contribution < -0.4 is 5.73 Å². The lowest BCUT2D eigenvalue weighted by molar-refractivity contribution is -0.133. The Morgan fingerprint density at radius 2 is 1.74 bits per heavy atom. The highest BCUT2D eigenvalue weighted by Gasteiger charge is 2.22. The van der Waals surface area contributed by atoms with Gasteiger partial charge in [0.2, 0.25) is 5.91 Å². The molecule has 19 heavy (non-hydrogen) atoms. The minimum atomic E-state index is 0.315. The Morgan fingerprint density at radius 1 is 1.16 bits per heavy atom. The quantitative estimate of drug-likeness (QED) is 0.804. The van der Waals surface area contributed by atoms with Crippen molar-refractivity contribution in [3.05, 3.63) is 0 Å². The van der Waals surface area contributed by atoms with Gasteiger partial charge in [-0.1, -0.05) is 13.8 Å². The summed E-state index contributed by atoms with van der Waals surface area (Å²) in [6, 6.07) is 0.717. The van der Waals surface area contributed by atoms with Crippen LogP contribution in [0.4, 0.5) is 0 Å². The summed E-state index contributed by atoms with van der Waals surface area (Å²) in [6.07, 6.45) is 6.45. The molecule has 0 aromatic rings. The van der Waals surface area contributed by atoms with Crippen LogP contribution in [-0.2, 0) is 4.79 Å². The first-order valence-corrected chi connectivity index (χ1v) is 7.95. The summed E-state index contributed by atoms with van der Waals surface area (Å²) in [5.74, 6) is 1.59. The summed E-state index contributed by atoms with van der Waals surface area (Å²) in [6.45, 7) is 9.45. The predicted octanol–water partition coefficient (Wildman–Crippen LogP) is 3.18. The van der Waals surface area contributed by atoms with Crippen LogP contribution in [0.15, 0.2) is 0 Å². The number of rotatable bonds is 6. The number of hydrogen-bond donors (Lipinski definition) is 1. The molecule has 3 nitrogen and oxygen atoms in total. The fraction of sp³-hybridized carbons (Fsp3) is 0.938. The normalized spacial score (nSPS) is 23.9. The molecule has 0 bridgehead atoms. The van der Waals surface area contributed by atoms with Gasteiger partial charge in [-0.05, 0) is 57.8 Å². The minimum absolute atomic E-state index is 0.315. The number of carbonyl (C=O) groups excluding carboxylic acids is 1. The maximum absolute atomic E-state index is 12.3. The highest BCUT2D eigenvalue weighted by molar-refractivity contribution is 5.76. The monoisotopic (exact) mass is 268 g/mol. The third kappa shape index (κ3) is 5.94. The molecule has 112 valence electrons. The summed E-state index contributed by atoms with van der Waals surface area (Å²) < 4.78 is 0. The van der Waals surface area contributed by atoms with Gasteiger partial charge in [-0.3, -0.25) is 4.79 Å². The standard InChI is InChI=1S/C16H32N2O/c1-12(2)11-18(13(3)4)16(19)10-7-14-5-8-15(17)9-6-14/h12-15H,5-11,17H2,1-4H3. The Kier molecular flexibility index (Phi) is 6.84. The molecule has 3 heteroatoms. The molecule has 1 saturated carbocycles. The lowest BCUT2D eigenvalue weighted by Crippen LogP contribution is -2.39. The van der Waals surface area contributed by atoms with Crippen molar-refractivity contribution in [3.8, 4) is 0 Å². The van der Waals surface area contributed by atoms with Crippen molar-refractivity contribution in [1.82, 2.24) is 4.90 Å². The van der Waals surface area contributed by atoms with Gasteiger partial charge in [0.05, 0.1) is 0 Å². The molecule has 1 fully saturated rings. The van der Waals surface area contributed by atoms with E-state index < -0.39 is 0 Å². The van der Waals surface area contributed by atoms with Crippen LogP contribution in [0.1, 0.15) is 66.2 Å². The predicted molar refractivity (Wildman–Crippen MR) is 80.9 cm³/mol. The van der Waals surface area contributed by atoms with Gasteiger partial charge in [0.15, 0.2) is 0 Å². The molecule has 0 unspecified atom stereocenters. The number of nitrogens with zero attached hydrogens (tertiary/aromatic N) is 1. The molecule has 1 aliphatic carbocycles. The first-order valence-electron chi connectivity index (χ1n) is 7.95. The van der Waals surface area contributed by atoms with E-state index in [1.807, 2.05) is 4.90 Å². The lowest BCUT2D eigenvalue weighted by Gasteiger charge is -2.30. The second-order valence-corrected chi connectivity index (χ2v) is 6.85. The third-order valence-corrected chi connectivity index (χ3v) is 4.16. The fourth-order valence-corrected chi connectivity index (χ4v) is 2.94. The van der Waals surface area contributed by atoms with Gasteiger partial charge >= 0.3 is 0 Å². The summed E-state index contributed by atoms with van der Waals surface area (Å²) in [4.78, 5) is 14.4. The maximum atomic E-state index is 12.3. The molecule has 1 amide bonds. The summed E-state index contributed by atoms with van der Waals surface area (Å²) in [5.41, 5.74) is 5.92. The summed E-state index contributed by atoms with van der Waals surface area (Å²) >= 11 is 0. The van der Waals surface area contributed by atoms with Crippen molar-refractivity contribution in [2.45, 2.75) is 78.3 Å². The first kappa shape index (κ1) is 16.5. The molecule has 0 aromatic heterocycles. The molecule has 1 aliphatic rings. The van der Waals surface area contributed by atoms with Crippen LogP contribution in [-0.4, -0.2) is 29.4 Å². The third-order valence-electron chi connectivity index (χ3n) is 4.16. The zero-order valence-electron chi connectivity index (χ0n) is 13.2. The van der Waals surface area contributed by atoms with Gasteiger partial charge in [-0.25, -0.2) is 0 Å². The topological polar surface area (TPSA) is 46.3 Å². The van der Waals surface area contributed by atoms with Crippen LogP contribution >= 0.6 is 0 Å². The molecule has 0 aromatic carbocycles. The van der Waals surface area contributed by atoms with E-state index in [0.29, 0.717) is 30.3 Å². The van der Waals surface area contributed by atoms with E-state index in [4.69, 9.17) is 5.73 Å². The molecular weight excluding hydrogens is 236 g/mol. The van der Waals surface area contributed by atoms with Crippen molar-refractivity contribution in [2.75, 3.05) is 6.54 Å². The Balaban J connectivity index is 2.35. The zero-order chi connectivity index (χ0) is 14.4. The largest absolute Gasteiger partial charge is 0.340 e. The number of hydrogen-bond acceptors (Lipinski definition) is 2. The molecule has 0 atom stereocenters. The molecule has 1 rings (SSSR count). The van der Waals surface area contributed by atoms with Crippen LogP contribution in [0.2, 0.25) is 0 Å². The Labute approximate surface area is 118 Å². The fourth-order valence-electron chi connectivity index (χ4n) is 2.94. The van der Waals surface area contributed by atoms with Crippen molar-refractivity contribution in [2.24, 2.45) is 17.6 Å². The summed E-state index contributed by atoms with van der Waals surface area (Å²) in [7, 11) is 0. The van der Waals surface area contributed by atoms with E-state index >= 15 is 0 Å². The second kappa shape index (κ2) is 7.88. The van der Waals surface area contributed by atoms with Gasteiger partial charge in [0.1, 0.15) is 0 Å². The van der Waals surface area contributed by atoms with Gasteiger partial charge in [-0.15, -0.1) is 0 Å². The molecular formula is C16H32N2O. The SMILES string of the molecule is CC(C)CN(C(=O)CCC1CCC(N)CC1)C(C)C. The van der Waals surface area contributed by atoms with E-state index in [2.05, 4.69) is 27.7 Å². The van der Waals surface area contributed by atoms with E-state index in [1.54, 1.807) is 0 Å². The van der Waals surface area contributed by atoms with E-state index in [-0.39, 0.29) is 0 Å². The average molecular weight is 268 g/mol. The number of amides is 1. The van der Waals surface area contributed by atoms with Gasteiger partial charge in [-0.2, -0.15) is 0 Å². The highest BCUT2D eigenvalue weighted by atomic mass is 16.2. The van der Waals surface area contributed by atoms with E-state index in [1.165, 1.54) is 12.8 Å². The number of carbonyl (C=O) groups is 1.